The van der Waals surface area contributed by atoms with Gasteiger partial charge in [0.25, 0.3) is 5.91 Å². The molecule has 2 aromatic rings. The third-order valence-electron chi connectivity index (χ3n) is 3.50. The van der Waals surface area contributed by atoms with E-state index in [1.54, 1.807) is 7.05 Å². The zero-order chi connectivity index (χ0) is 18.6. The molecule has 0 saturated carbocycles. The molecule has 0 atom stereocenters. The van der Waals surface area contributed by atoms with Crippen LogP contribution in [0.4, 0.5) is 0 Å². The maximum Gasteiger partial charge on any atom is 0.255 e. The Balaban J connectivity index is 2.19. The van der Waals surface area contributed by atoms with Crippen molar-refractivity contribution in [1.82, 2.24) is 4.90 Å². The van der Waals surface area contributed by atoms with Crippen molar-refractivity contribution in [3.8, 4) is 5.75 Å². The Hall–Kier alpha value is -1.90. The summed E-state index contributed by atoms with van der Waals surface area (Å²) in [4.78, 5) is 14.1. The molecule has 0 bridgehead atoms. The van der Waals surface area contributed by atoms with Crippen LogP contribution >= 0.6 is 15.9 Å². The van der Waals surface area contributed by atoms with Gasteiger partial charge in [0.05, 0.1) is 17.1 Å². The Morgan fingerprint density at radius 1 is 1.20 bits per heavy atom. The topological polar surface area (TPSA) is 89.7 Å². The minimum Gasteiger partial charge on any atom is -0.494 e. The highest BCUT2D eigenvalue weighted by atomic mass is 79.9. The van der Waals surface area contributed by atoms with Crippen molar-refractivity contribution < 1.29 is 17.9 Å². The van der Waals surface area contributed by atoms with Crippen LogP contribution in [0.2, 0.25) is 0 Å². The van der Waals surface area contributed by atoms with Gasteiger partial charge < -0.3 is 9.64 Å². The number of carbonyl (C=O) groups is 1. The van der Waals surface area contributed by atoms with Crippen molar-refractivity contribution in [2.24, 2.45) is 5.14 Å². The predicted octanol–water partition coefficient (Wildman–Crippen LogP) is 2.77. The first-order valence-corrected chi connectivity index (χ1v) is 9.86. The highest BCUT2D eigenvalue weighted by molar-refractivity contribution is 9.10. The standard InChI is InChI=1S/C17H19BrN2O4S/c1-3-24-13-6-4-12(5-7-13)11-20(2)17(21)15-10-14(25(19,22)23)8-9-16(15)18/h4-10H,3,11H2,1-2H3,(H2,19,22,23). The average molecular weight is 427 g/mol. The molecular formula is C17H19BrN2O4S. The zero-order valence-corrected chi connectivity index (χ0v) is 16.3. The second-order valence-electron chi connectivity index (χ2n) is 5.42. The SMILES string of the molecule is CCOc1ccc(CN(C)C(=O)c2cc(S(N)(=O)=O)ccc2Br)cc1. The summed E-state index contributed by atoms with van der Waals surface area (Å²) in [5, 5.41) is 5.13. The molecule has 0 saturated heterocycles. The van der Waals surface area contributed by atoms with Gasteiger partial charge in [0.1, 0.15) is 5.75 Å². The summed E-state index contributed by atoms with van der Waals surface area (Å²) in [6.07, 6.45) is 0. The summed E-state index contributed by atoms with van der Waals surface area (Å²) in [7, 11) is -2.23. The fraction of sp³-hybridized carbons (Fsp3) is 0.235. The molecule has 0 aliphatic carbocycles. The summed E-state index contributed by atoms with van der Waals surface area (Å²) in [6, 6.07) is 11.6. The van der Waals surface area contributed by atoms with E-state index in [1.807, 2.05) is 31.2 Å². The monoisotopic (exact) mass is 426 g/mol. The van der Waals surface area contributed by atoms with E-state index in [0.29, 0.717) is 17.6 Å². The van der Waals surface area contributed by atoms with Gasteiger partial charge in [0.2, 0.25) is 10.0 Å². The van der Waals surface area contributed by atoms with Crippen molar-refractivity contribution in [1.29, 1.82) is 0 Å². The molecule has 0 aliphatic heterocycles. The molecule has 2 N–H and O–H groups in total. The highest BCUT2D eigenvalue weighted by Crippen LogP contribution is 2.22. The molecule has 2 rings (SSSR count). The molecule has 6 nitrogen and oxygen atoms in total. The van der Waals surface area contributed by atoms with Crippen LogP contribution < -0.4 is 9.88 Å². The lowest BCUT2D eigenvalue weighted by molar-refractivity contribution is 0.0784. The summed E-state index contributed by atoms with van der Waals surface area (Å²) in [5.74, 6) is 0.454. The summed E-state index contributed by atoms with van der Waals surface area (Å²) in [5.41, 5.74) is 1.16. The number of hydrogen-bond donors (Lipinski definition) is 1. The Morgan fingerprint density at radius 2 is 1.84 bits per heavy atom. The number of nitrogens with zero attached hydrogens (tertiary/aromatic N) is 1. The lowest BCUT2D eigenvalue weighted by Gasteiger charge is -2.19. The first kappa shape index (κ1) is 19.4. The molecule has 0 heterocycles. The lowest BCUT2D eigenvalue weighted by atomic mass is 10.1. The zero-order valence-electron chi connectivity index (χ0n) is 13.9. The van der Waals surface area contributed by atoms with Gasteiger partial charge >= 0.3 is 0 Å². The van der Waals surface area contributed by atoms with Crippen LogP contribution in [0.25, 0.3) is 0 Å². The number of primary sulfonamides is 1. The van der Waals surface area contributed by atoms with Crippen LogP contribution in [0.1, 0.15) is 22.8 Å². The molecular weight excluding hydrogens is 408 g/mol. The van der Waals surface area contributed by atoms with Crippen LogP contribution in [0.3, 0.4) is 0 Å². The molecule has 0 radical (unpaired) electrons. The Bertz CT molecular complexity index is 867. The number of benzene rings is 2. The summed E-state index contributed by atoms with van der Waals surface area (Å²) < 4.78 is 28.9. The summed E-state index contributed by atoms with van der Waals surface area (Å²) >= 11 is 3.28. The third-order valence-corrected chi connectivity index (χ3v) is 5.10. The number of amides is 1. The molecule has 1 amide bonds. The molecule has 0 aliphatic rings. The number of halogens is 1. The molecule has 8 heteroatoms. The van der Waals surface area contributed by atoms with Gasteiger partial charge in [-0.3, -0.25) is 4.79 Å². The molecule has 134 valence electrons. The van der Waals surface area contributed by atoms with E-state index in [2.05, 4.69) is 15.9 Å². The average Bonchev–Trinajstić information content (AvgIpc) is 2.55. The summed E-state index contributed by atoms with van der Waals surface area (Å²) in [6.45, 7) is 2.87. The van der Waals surface area contributed by atoms with Crippen LogP contribution in [0.5, 0.6) is 5.75 Å². The van der Waals surface area contributed by atoms with E-state index in [4.69, 9.17) is 9.88 Å². The highest BCUT2D eigenvalue weighted by Gasteiger charge is 2.18. The van der Waals surface area contributed by atoms with Crippen molar-refractivity contribution in [2.75, 3.05) is 13.7 Å². The Kier molecular flexibility index (Phi) is 6.21. The van der Waals surface area contributed by atoms with Gasteiger partial charge in [-0.1, -0.05) is 12.1 Å². The largest absolute Gasteiger partial charge is 0.494 e. The smallest absolute Gasteiger partial charge is 0.255 e. The van der Waals surface area contributed by atoms with E-state index in [0.717, 1.165) is 11.3 Å². The Morgan fingerprint density at radius 3 is 2.40 bits per heavy atom. The van der Waals surface area contributed by atoms with E-state index >= 15 is 0 Å². The van der Waals surface area contributed by atoms with Gasteiger partial charge in [-0.2, -0.15) is 0 Å². The van der Waals surface area contributed by atoms with Crippen LogP contribution in [0, 0.1) is 0 Å². The van der Waals surface area contributed by atoms with Crippen LogP contribution in [-0.4, -0.2) is 32.9 Å². The van der Waals surface area contributed by atoms with Gasteiger partial charge in [0.15, 0.2) is 0 Å². The molecule has 0 spiro atoms. The number of carbonyl (C=O) groups excluding carboxylic acids is 1. The van der Waals surface area contributed by atoms with Crippen LogP contribution in [0.15, 0.2) is 51.8 Å². The van der Waals surface area contributed by atoms with E-state index in [9.17, 15) is 13.2 Å². The first-order chi connectivity index (χ1) is 11.7. The minimum atomic E-state index is -3.88. The van der Waals surface area contributed by atoms with Gasteiger partial charge in [-0.25, -0.2) is 13.6 Å². The lowest BCUT2D eigenvalue weighted by Crippen LogP contribution is -2.27. The number of ether oxygens (including phenoxy) is 1. The van der Waals surface area contributed by atoms with E-state index in [1.165, 1.54) is 23.1 Å². The van der Waals surface area contributed by atoms with Crippen molar-refractivity contribution in [3.63, 3.8) is 0 Å². The second-order valence-corrected chi connectivity index (χ2v) is 7.84. The molecule has 2 aromatic carbocycles. The number of nitrogens with two attached hydrogens (primary N) is 1. The number of rotatable bonds is 6. The molecule has 0 unspecified atom stereocenters. The van der Waals surface area contributed by atoms with Gasteiger partial charge in [-0.15, -0.1) is 0 Å². The van der Waals surface area contributed by atoms with Crippen molar-refractivity contribution in [3.05, 3.63) is 58.1 Å². The molecule has 0 fully saturated rings. The number of sulfonamides is 1. The van der Waals surface area contributed by atoms with E-state index < -0.39 is 10.0 Å². The maximum absolute atomic E-state index is 12.7. The van der Waals surface area contributed by atoms with Crippen LogP contribution in [-0.2, 0) is 16.6 Å². The fourth-order valence-corrected chi connectivity index (χ4v) is 3.21. The van der Waals surface area contributed by atoms with Crippen molar-refractivity contribution in [2.45, 2.75) is 18.4 Å². The maximum atomic E-state index is 12.7. The third kappa shape index (κ3) is 5.04. The normalized spacial score (nSPS) is 11.2. The molecule has 25 heavy (non-hydrogen) atoms. The van der Waals surface area contributed by atoms with E-state index in [-0.39, 0.29) is 16.4 Å². The quantitative estimate of drug-likeness (QED) is 0.768. The Labute approximate surface area is 155 Å². The van der Waals surface area contributed by atoms with Gasteiger partial charge in [0, 0.05) is 18.1 Å². The van der Waals surface area contributed by atoms with Crippen molar-refractivity contribution >= 4 is 31.9 Å². The molecule has 0 aromatic heterocycles. The second kappa shape index (κ2) is 7.99. The fourth-order valence-electron chi connectivity index (χ4n) is 2.25. The minimum absolute atomic E-state index is 0.103. The first-order valence-electron chi connectivity index (χ1n) is 7.52. The number of hydrogen-bond acceptors (Lipinski definition) is 4. The van der Waals surface area contributed by atoms with Gasteiger partial charge in [-0.05, 0) is 58.7 Å². The predicted molar refractivity (Wildman–Crippen MR) is 98.9 cm³/mol.